The highest BCUT2D eigenvalue weighted by atomic mass is 16.6. The number of hydrogen-bond donors (Lipinski definition) is 0. The van der Waals surface area contributed by atoms with Gasteiger partial charge < -0.3 is 9.57 Å². The third kappa shape index (κ3) is 4.92. The lowest BCUT2D eigenvalue weighted by Crippen LogP contribution is -2.01. The van der Waals surface area contributed by atoms with Crippen molar-refractivity contribution in [2.75, 3.05) is 13.7 Å². The lowest BCUT2D eigenvalue weighted by atomic mass is 9.98. The Kier molecular flexibility index (Phi) is 5.43. The normalized spacial score (nSPS) is 16.0. The highest BCUT2D eigenvalue weighted by molar-refractivity contribution is 5.98. The molecule has 0 unspecified atom stereocenters. The van der Waals surface area contributed by atoms with Gasteiger partial charge >= 0.3 is 0 Å². The fourth-order valence-corrected chi connectivity index (χ4v) is 2.21. The number of benzene rings is 1. The summed E-state index contributed by atoms with van der Waals surface area (Å²) in [6.07, 6.45) is 5.26. The summed E-state index contributed by atoms with van der Waals surface area (Å²) in [5.74, 6) is 0.733. The largest absolute Gasteiger partial charge is 0.504 e. The van der Waals surface area contributed by atoms with Crippen LogP contribution in [0.15, 0.2) is 35.2 Å². The second-order valence-corrected chi connectivity index (χ2v) is 5.93. The van der Waals surface area contributed by atoms with Gasteiger partial charge in [-0.2, -0.15) is 0 Å². The van der Waals surface area contributed by atoms with Crippen LogP contribution in [-0.4, -0.2) is 19.4 Å². The van der Waals surface area contributed by atoms with Crippen LogP contribution in [0.5, 0.6) is 0 Å². The molecular weight excluding hydrogens is 262 g/mol. The maximum Gasteiger partial charge on any atom is 0.120 e. The Hall–Kier alpha value is -1.77. The average molecular weight is 287 g/mol. The highest BCUT2D eigenvalue weighted by Gasteiger charge is 2.21. The van der Waals surface area contributed by atoms with E-state index in [4.69, 9.17) is 9.57 Å². The second kappa shape index (κ2) is 7.30. The molecule has 0 heterocycles. The molecule has 0 spiro atoms. The van der Waals surface area contributed by atoms with Gasteiger partial charge in [-0.3, -0.25) is 0 Å². The second-order valence-electron chi connectivity index (χ2n) is 5.93. The van der Waals surface area contributed by atoms with Crippen molar-refractivity contribution in [2.24, 2.45) is 11.1 Å². The smallest absolute Gasteiger partial charge is 0.120 e. The van der Waals surface area contributed by atoms with Crippen molar-refractivity contribution >= 4 is 5.71 Å². The van der Waals surface area contributed by atoms with Crippen molar-refractivity contribution < 1.29 is 9.57 Å². The van der Waals surface area contributed by atoms with Crippen molar-refractivity contribution in [3.05, 3.63) is 46.7 Å². The molecule has 1 aliphatic carbocycles. The van der Waals surface area contributed by atoms with Gasteiger partial charge in [0.15, 0.2) is 0 Å². The Morgan fingerprint density at radius 1 is 1.33 bits per heavy atom. The summed E-state index contributed by atoms with van der Waals surface area (Å²) in [5.41, 5.74) is 5.85. The van der Waals surface area contributed by atoms with Crippen molar-refractivity contribution in [3.8, 4) is 0 Å². The van der Waals surface area contributed by atoms with E-state index in [1.165, 1.54) is 29.5 Å². The lowest BCUT2D eigenvalue weighted by molar-refractivity contribution is 0.134. The molecule has 0 radical (unpaired) electrons. The van der Waals surface area contributed by atoms with Gasteiger partial charge in [-0.25, -0.2) is 0 Å². The molecule has 1 aliphatic rings. The quantitative estimate of drug-likeness (QED) is 0.427. The predicted octanol–water partition coefficient (Wildman–Crippen LogP) is 4.24. The van der Waals surface area contributed by atoms with Gasteiger partial charge in [-0.15, -0.1) is 0 Å². The molecule has 1 aromatic carbocycles. The van der Waals surface area contributed by atoms with Crippen LogP contribution in [0, 0.1) is 12.8 Å². The fourth-order valence-electron chi connectivity index (χ4n) is 2.21. The Labute approximate surface area is 127 Å². The van der Waals surface area contributed by atoms with Gasteiger partial charge in [0, 0.05) is 0 Å². The SMILES string of the molecule is CO/C=C(\C)Cc1cc(C(C)=NOCC2CC2)ccc1C. The zero-order valence-electron chi connectivity index (χ0n) is 13.5. The number of hydrogen-bond acceptors (Lipinski definition) is 3. The first-order valence-electron chi connectivity index (χ1n) is 7.55. The zero-order chi connectivity index (χ0) is 15.2. The molecule has 2 rings (SSSR count). The molecule has 0 aliphatic heterocycles. The van der Waals surface area contributed by atoms with E-state index in [0.29, 0.717) is 0 Å². The molecule has 0 amide bonds. The summed E-state index contributed by atoms with van der Waals surface area (Å²) in [6.45, 7) is 6.97. The van der Waals surface area contributed by atoms with Gasteiger partial charge in [-0.05, 0) is 74.3 Å². The van der Waals surface area contributed by atoms with Crippen LogP contribution in [0.3, 0.4) is 0 Å². The van der Waals surface area contributed by atoms with E-state index in [-0.39, 0.29) is 0 Å². The molecule has 0 atom stereocenters. The lowest BCUT2D eigenvalue weighted by Gasteiger charge is -2.09. The molecular formula is C18H25NO2. The Morgan fingerprint density at radius 2 is 2.10 bits per heavy atom. The van der Waals surface area contributed by atoms with Crippen LogP contribution in [-0.2, 0) is 16.0 Å². The average Bonchev–Trinajstić information content (AvgIpc) is 3.25. The van der Waals surface area contributed by atoms with Crippen LogP contribution in [0.1, 0.15) is 43.4 Å². The van der Waals surface area contributed by atoms with Crippen LogP contribution < -0.4 is 0 Å². The van der Waals surface area contributed by atoms with E-state index in [1.54, 1.807) is 13.4 Å². The molecule has 0 bridgehead atoms. The van der Waals surface area contributed by atoms with Crippen LogP contribution in [0.4, 0.5) is 0 Å². The van der Waals surface area contributed by atoms with Gasteiger partial charge in [-0.1, -0.05) is 17.3 Å². The molecule has 3 nitrogen and oxygen atoms in total. The number of allylic oxidation sites excluding steroid dienone is 1. The summed E-state index contributed by atoms with van der Waals surface area (Å²) in [4.78, 5) is 5.42. The van der Waals surface area contributed by atoms with Gasteiger partial charge in [0.25, 0.3) is 0 Å². The summed E-state index contributed by atoms with van der Waals surface area (Å²) >= 11 is 0. The maximum atomic E-state index is 5.42. The topological polar surface area (TPSA) is 30.8 Å². The van der Waals surface area contributed by atoms with E-state index in [2.05, 4.69) is 37.2 Å². The van der Waals surface area contributed by atoms with Gasteiger partial charge in [0.1, 0.15) is 6.61 Å². The van der Waals surface area contributed by atoms with E-state index in [0.717, 1.165) is 30.2 Å². The molecule has 3 heteroatoms. The first-order chi connectivity index (χ1) is 10.1. The minimum absolute atomic E-state index is 0.733. The number of methoxy groups -OCH3 is 1. The molecule has 1 saturated carbocycles. The Balaban J connectivity index is 2.07. The van der Waals surface area contributed by atoms with Crippen LogP contribution in [0.2, 0.25) is 0 Å². The van der Waals surface area contributed by atoms with E-state index in [9.17, 15) is 0 Å². The maximum absolute atomic E-state index is 5.42. The molecule has 1 aromatic rings. The third-order valence-corrected chi connectivity index (χ3v) is 3.76. The number of rotatable bonds is 7. The van der Waals surface area contributed by atoms with Crippen molar-refractivity contribution in [2.45, 2.75) is 40.0 Å². The molecule has 0 N–H and O–H groups in total. The summed E-state index contributed by atoms with van der Waals surface area (Å²) in [7, 11) is 1.68. The summed E-state index contributed by atoms with van der Waals surface area (Å²) < 4.78 is 5.07. The molecule has 0 saturated heterocycles. The Bertz CT molecular complexity index is 542. The number of ether oxygens (including phenoxy) is 1. The first kappa shape index (κ1) is 15.6. The third-order valence-electron chi connectivity index (χ3n) is 3.76. The van der Waals surface area contributed by atoms with Gasteiger partial charge in [0.2, 0.25) is 0 Å². The highest BCUT2D eigenvalue weighted by Crippen LogP contribution is 2.28. The van der Waals surface area contributed by atoms with Crippen molar-refractivity contribution in [1.29, 1.82) is 0 Å². The summed E-state index contributed by atoms with van der Waals surface area (Å²) in [5, 5.41) is 4.24. The standard InChI is InChI=1S/C18H25NO2/c1-13(11-20-4)9-18-10-17(8-5-14(18)2)15(3)19-21-12-16-6-7-16/h5,8,10-11,16H,6-7,9,12H2,1-4H3/b13-11+,19-15?. The minimum Gasteiger partial charge on any atom is -0.504 e. The predicted molar refractivity (Wildman–Crippen MR) is 86.5 cm³/mol. The number of oxime groups is 1. The van der Waals surface area contributed by atoms with Crippen LogP contribution in [0.25, 0.3) is 0 Å². The zero-order valence-corrected chi connectivity index (χ0v) is 13.5. The Morgan fingerprint density at radius 3 is 2.76 bits per heavy atom. The number of nitrogens with zero attached hydrogens (tertiary/aromatic N) is 1. The summed E-state index contributed by atoms with van der Waals surface area (Å²) in [6, 6.07) is 6.44. The van der Waals surface area contributed by atoms with E-state index >= 15 is 0 Å². The van der Waals surface area contributed by atoms with Crippen molar-refractivity contribution in [3.63, 3.8) is 0 Å². The van der Waals surface area contributed by atoms with E-state index in [1.807, 2.05) is 6.92 Å². The van der Waals surface area contributed by atoms with Crippen molar-refractivity contribution in [1.82, 2.24) is 0 Å². The van der Waals surface area contributed by atoms with Crippen LogP contribution >= 0.6 is 0 Å². The monoisotopic (exact) mass is 287 g/mol. The van der Waals surface area contributed by atoms with E-state index < -0.39 is 0 Å². The number of aryl methyl sites for hydroxylation is 1. The molecule has 21 heavy (non-hydrogen) atoms. The first-order valence-corrected chi connectivity index (χ1v) is 7.55. The van der Waals surface area contributed by atoms with Gasteiger partial charge in [0.05, 0.1) is 19.1 Å². The molecule has 114 valence electrons. The molecule has 0 aromatic heterocycles. The fraction of sp³-hybridized carbons (Fsp3) is 0.500. The molecule has 1 fully saturated rings. The minimum atomic E-state index is 0.733.